The highest BCUT2D eigenvalue weighted by atomic mass is 16.4. The molecule has 0 saturated carbocycles. The summed E-state index contributed by atoms with van der Waals surface area (Å²) in [5.74, 6) is -0.866. The van der Waals surface area contributed by atoms with Crippen molar-refractivity contribution >= 4 is 5.97 Å². The normalized spacial score (nSPS) is 12.4. The Kier molecular flexibility index (Phi) is 4.65. The Labute approximate surface area is 124 Å². The lowest BCUT2D eigenvalue weighted by Gasteiger charge is -2.26. The number of carboxylic acids is 1. The van der Waals surface area contributed by atoms with E-state index in [9.17, 15) is 9.90 Å². The van der Waals surface area contributed by atoms with Gasteiger partial charge in [-0.3, -0.25) is 19.7 Å². The third kappa shape index (κ3) is 3.44. The van der Waals surface area contributed by atoms with Gasteiger partial charge in [0.15, 0.2) is 0 Å². The topological polar surface area (TPSA) is 66.3 Å². The fourth-order valence-electron chi connectivity index (χ4n) is 2.39. The first-order chi connectivity index (χ1) is 10.0. The first-order valence-electron chi connectivity index (χ1n) is 6.74. The summed E-state index contributed by atoms with van der Waals surface area (Å²) in [6.45, 7) is 4.37. The van der Waals surface area contributed by atoms with E-state index in [-0.39, 0.29) is 0 Å². The summed E-state index contributed by atoms with van der Waals surface area (Å²) in [4.78, 5) is 21.7. The standard InChI is InChI=1S/C16H19N3O2/c1-11-5-4-6-14(12(11)2)15(16(20)21)19(3)10-13-9-17-7-8-18-13/h4-9,15H,10H2,1-3H3,(H,20,21)/t15-/m1/s1. The minimum absolute atomic E-state index is 0.429. The number of likely N-dealkylation sites (N-methyl/N-ethyl adjacent to an activating group) is 1. The first-order valence-corrected chi connectivity index (χ1v) is 6.74. The zero-order valence-electron chi connectivity index (χ0n) is 12.4. The van der Waals surface area contributed by atoms with Crippen LogP contribution in [0.4, 0.5) is 0 Å². The lowest BCUT2D eigenvalue weighted by atomic mass is 9.96. The smallest absolute Gasteiger partial charge is 0.325 e. The Morgan fingerprint density at radius 3 is 2.71 bits per heavy atom. The van der Waals surface area contributed by atoms with Gasteiger partial charge in [0.1, 0.15) is 6.04 Å². The van der Waals surface area contributed by atoms with Crippen LogP contribution in [0.25, 0.3) is 0 Å². The molecule has 1 heterocycles. The summed E-state index contributed by atoms with van der Waals surface area (Å²) >= 11 is 0. The van der Waals surface area contributed by atoms with Crippen LogP contribution >= 0.6 is 0 Å². The minimum Gasteiger partial charge on any atom is -0.480 e. The molecule has 5 nitrogen and oxygen atoms in total. The van der Waals surface area contributed by atoms with Gasteiger partial charge in [0.2, 0.25) is 0 Å². The number of hydrogen-bond acceptors (Lipinski definition) is 4. The van der Waals surface area contributed by atoms with Crippen molar-refractivity contribution in [3.05, 3.63) is 59.2 Å². The molecule has 0 amide bonds. The van der Waals surface area contributed by atoms with Gasteiger partial charge in [-0.15, -0.1) is 0 Å². The highest BCUT2D eigenvalue weighted by Gasteiger charge is 2.26. The second kappa shape index (κ2) is 6.45. The monoisotopic (exact) mass is 285 g/mol. The molecule has 21 heavy (non-hydrogen) atoms. The molecule has 0 saturated heterocycles. The molecule has 1 N–H and O–H groups in total. The van der Waals surface area contributed by atoms with Crippen molar-refractivity contribution in [2.45, 2.75) is 26.4 Å². The van der Waals surface area contributed by atoms with Crippen LogP contribution in [-0.2, 0) is 11.3 Å². The number of aryl methyl sites for hydroxylation is 1. The molecule has 0 radical (unpaired) electrons. The van der Waals surface area contributed by atoms with Crippen LogP contribution in [0.15, 0.2) is 36.8 Å². The molecule has 1 aromatic heterocycles. The van der Waals surface area contributed by atoms with E-state index in [0.29, 0.717) is 6.54 Å². The quantitative estimate of drug-likeness (QED) is 0.913. The van der Waals surface area contributed by atoms with E-state index in [1.165, 1.54) is 0 Å². The maximum atomic E-state index is 11.7. The second-order valence-corrected chi connectivity index (χ2v) is 5.14. The molecule has 2 rings (SSSR count). The summed E-state index contributed by atoms with van der Waals surface area (Å²) in [6, 6.07) is 5.05. The number of hydrogen-bond donors (Lipinski definition) is 1. The van der Waals surface area contributed by atoms with Crippen molar-refractivity contribution in [1.29, 1.82) is 0 Å². The molecule has 0 fully saturated rings. The van der Waals surface area contributed by atoms with Crippen molar-refractivity contribution in [2.24, 2.45) is 0 Å². The van der Waals surface area contributed by atoms with Gasteiger partial charge in [0, 0.05) is 25.1 Å². The highest BCUT2D eigenvalue weighted by Crippen LogP contribution is 2.26. The van der Waals surface area contributed by atoms with Gasteiger partial charge in [0.25, 0.3) is 0 Å². The number of carboxylic acid groups (broad SMARTS) is 1. The van der Waals surface area contributed by atoms with E-state index in [2.05, 4.69) is 9.97 Å². The van der Waals surface area contributed by atoms with Gasteiger partial charge < -0.3 is 5.11 Å². The molecule has 5 heteroatoms. The summed E-state index contributed by atoms with van der Waals surface area (Å²) < 4.78 is 0. The lowest BCUT2D eigenvalue weighted by molar-refractivity contribution is -0.143. The molecule has 2 aromatic rings. The molecular formula is C16H19N3O2. The van der Waals surface area contributed by atoms with Gasteiger partial charge in [-0.1, -0.05) is 18.2 Å². The molecule has 0 spiro atoms. The molecule has 0 aliphatic rings. The fourth-order valence-corrected chi connectivity index (χ4v) is 2.39. The van der Waals surface area contributed by atoms with Crippen LogP contribution in [-0.4, -0.2) is 33.0 Å². The Morgan fingerprint density at radius 2 is 2.10 bits per heavy atom. The third-order valence-corrected chi connectivity index (χ3v) is 3.64. The Morgan fingerprint density at radius 1 is 1.33 bits per heavy atom. The van der Waals surface area contributed by atoms with Gasteiger partial charge in [-0.05, 0) is 37.6 Å². The van der Waals surface area contributed by atoms with E-state index in [4.69, 9.17) is 0 Å². The van der Waals surface area contributed by atoms with Crippen LogP contribution in [0.3, 0.4) is 0 Å². The number of benzene rings is 1. The average Bonchev–Trinajstić information content (AvgIpc) is 2.44. The van der Waals surface area contributed by atoms with E-state index in [1.54, 1.807) is 30.5 Å². The van der Waals surface area contributed by atoms with Crippen molar-refractivity contribution in [1.82, 2.24) is 14.9 Å². The predicted molar refractivity (Wildman–Crippen MR) is 79.8 cm³/mol. The average molecular weight is 285 g/mol. The zero-order valence-corrected chi connectivity index (χ0v) is 12.4. The van der Waals surface area contributed by atoms with Gasteiger partial charge in [-0.25, -0.2) is 0 Å². The Balaban J connectivity index is 2.31. The number of aliphatic carboxylic acids is 1. The van der Waals surface area contributed by atoms with Crippen LogP contribution in [0.5, 0.6) is 0 Å². The summed E-state index contributed by atoms with van der Waals surface area (Å²) in [7, 11) is 1.79. The molecule has 0 unspecified atom stereocenters. The highest BCUT2D eigenvalue weighted by molar-refractivity contribution is 5.76. The second-order valence-electron chi connectivity index (χ2n) is 5.14. The molecular weight excluding hydrogens is 266 g/mol. The molecule has 0 bridgehead atoms. The van der Waals surface area contributed by atoms with E-state index < -0.39 is 12.0 Å². The minimum atomic E-state index is -0.866. The molecule has 1 aromatic carbocycles. The summed E-state index contributed by atoms with van der Waals surface area (Å²) in [6.07, 6.45) is 4.86. The zero-order chi connectivity index (χ0) is 15.4. The van der Waals surface area contributed by atoms with Crippen LogP contribution in [0, 0.1) is 13.8 Å². The fraction of sp³-hybridized carbons (Fsp3) is 0.312. The van der Waals surface area contributed by atoms with E-state index >= 15 is 0 Å². The van der Waals surface area contributed by atoms with Crippen LogP contribution in [0.1, 0.15) is 28.4 Å². The lowest BCUT2D eigenvalue weighted by Crippen LogP contribution is -2.31. The Hall–Kier alpha value is -2.27. The van der Waals surface area contributed by atoms with E-state index in [1.807, 2.05) is 32.0 Å². The number of nitrogens with zero attached hydrogens (tertiary/aromatic N) is 3. The molecule has 0 aliphatic heterocycles. The van der Waals surface area contributed by atoms with Gasteiger partial charge in [0.05, 0.1) is 5.69 Å². The predicted octanol–water partition coefficient (Wildman–Crippen LogP) is 2.35. The largest absolute Gasteiger partial charge is 0.480 e. The maximum absolute atomic E-state index is 11.7. The summed E-state index contributed by atoms with van der Waals surface area (Å²) in [5, 5.41) is 9.61. The van der Waals surface area contributed by atoms with Crippen molar-refractivity contribution < 1.29 is 9.90 Å². The first kappa shape index (κ1) is 15.1. The third-order valence-electron chi connectivity index (χ3n) is 3.64. The SMILES string of the molecule is Cc1cccc([C@H](C(=O)O)N(C)Cc2cnccn2)c1C. The molecule has 0 aliphatic carbocycles. The Bertz CT molecular complexity index is 629. The number of carbonyl (C=O) groups is 1. The van der Waals surface area contributed by atoms with Crippen LogP contribution in [0.2, 0.25) is 0 Å². The van der Waals surface area contributed by atoms with Crippen molar-refractivity contribution in [3.63, 3.8) is 0 Å². The maximum Gasteiger partial charge on any atom is 0.325 e. The summed E-state index contributed by atoms with van der Waals surface area (Å²) in [5.41, 5.74) is 3.66. The van der Waals surface area contributed by atoms with E-state index in [0.717, 1.165) is 22.4 Å². The molecule has 110 valence electrons. The number of rotatable bonds is 5. The van der Waals surface area contributed by atoms with Gasteiger partial charge in [-0.2, -0.15) is 0 Å². The van der Waals surface area contributed by atoms with Crippen molar-refractivity contribution in [3.8, 4) is 0 Å². The molecule has 1 atom stereocenters. The van der Waals surface area contributed by atoms with Crippen molar-refractivity contribution in [2.75, 3.05) is 7.05 Å². The van der Waals surface area contributed by atoms with Gasteiger partial charge >= 0.3 is 5.97 Å². The van der Waals surface area contributed by atoms with Crippen LogP contribution < -0.4 is 0 Å². The number of aromatic nitrogens is 2.